The maximum Gasteiger partial charge on any atom is 0.350 e. The molecule has 0 aliphatic carbocycles. The van der Waals surface area contributed by atoms with Crippen LogP contribution in [-0.2, 0) is 9.47 Å². The number of nitrogen functional groups attached to an aromatic ring is 1. The zero-order valence-electron chi connectivity index (χ0n) is 12.1. The van der Waals surface area contributed by atoms with Gasteiger partial charge in [0.25, 0.3) is 0 Å². The van der Waals surface area contributed by atoms with E-state index < -0.39 is 11.9 Å². The van der Waals surface area contributed by atoms with Crippen LogP contribution < -0.4 is 11.1 Å². The number of carbonyl (C=O) groups is 2. The second kappa shape index (κ2) is 7.14. The van der Waals surface area contributed by atoms with E-state index >= 15 is 0 Å². The molecule has 0 amide bonds. The van der Waals surface area contributed by atoms with Crippen molar-refractivity contribution < 1.29 is 19.1 Å². The predicted molar refractivity (Wildman–Crippen MR) is 79.4 cm³/mol. The molecule has 0 radical (unpaired) electrons. The highest BCUT2D eigenvalue weighted by atomic mass is 32.1. The Morgan fingerprint density at radius 2 is 2.00 bits per heavy atom. The summed E-state index contributed by atoms with van der Waals surface area (Å²) >= 11 is 1.11. The van der Waals surface area contributed by atoms with Gasteiger partial charge in [-0.05, 0) is 12.8 Å². The number of rotatable bonds is 6. The maximum absolute atomic E-state index is 11.8. The number of carbonyl (C=O) groups excluding carboxylic acids is 2. The van der Waals surface area contributed by atoms with Gasteiger partial charge in [0.05, 0.1) is 19.4 Å². The molecule has 0 unspecified atom stereocenters. The number of nitrogens with one attached hydrogen (secondary N) is 1. The van der Waals surface area contributed by atoms with E-state index in [1.165, 1.54) is 7.11 Å². The molecular weight excluding hydrogens is 280 g/mol. The minimum Gasteiger partial charge on any atom is -0.465 e. The van der Waals surface area contributed by atoms with Crippen LogP contribution >= 0.6 is 11.3 Å². The molecule has 0 aliphatic rings. The SMILES string of the molecule is CCOC(=O)c1sc(NCC(C)C)c(C(=O)OC)c1N. The lowest BCUT2D eigenvalue weighted by Crippen LogP contribution is -2.12. The van der Waals surface area contributed by atoms with Crippen molar-refractivity contribution in [3.63, 3.8) is 0 Å². The summed E-state index contributed by atoms with van der Waals surface area (Å²) in [7, 11) is 1.27. The molecule has 1 aromatic heterocycles. The third-order valence-corrected chi connectivity index (χ3v) is 3.61. The standard InChI is InChI=1S/C13H20N2O4S/c1-5-19-13(17)10-9(14)8(12(16)18-4)11(20-10)15-6-7(2)3/h7,15H,5-6,14H2,1-4H3. The summed E-state index contributed by atoms with van der Waals surface area (Å²) in [6.45, 7) is 6.69. The molecule has 0 bridgehead atoms. The van der Waals surface area contributed by atoms with Crippen LogP contribution in [0.2, 0.25) is 0 Å². The van der Waals surface area contributed by atoms with Crippen molar-refractivity contribution in [2.75, 3.05) is 31.3 Å². The van der Waals surface area contributed by atoms with E-state index in [4.69, 9.17) is 15.2 Å². The number of anilines is 2. The lowest BCUT2D eigenvalue weighted by Gasteiger charge is -2.08. The smallest absolute Gasteiger partial charge is 0.350 e. The lowest BCUT2D eigenvalue weighted by atomic mass is 10.2. The highest BCUT2D eigenvalue weighted by molar-refractivity contribution is 7.19. The Morgan fingerprint density at radius 1 is 1.35 bits per heavy atom. The van der Waals surface area contributed by atoms with Gasteiger partial charge in [0.15, 0.2) is 0 Å². The van der Waals surface area contributed by atoms with Crippen molar-refractivity contribution in [1.82, 2.24) is 0 Å². The molecule has 1 rings (SSSR count). The summed E-state index contributed by atoms with van der Waals surface area (Å²) in [4.78, 5) is 23.8. The number of hydrogen-bond donors (Lipinski definition) is 2. The van der Waals surface area contributed by atoms with Gasteiger partial charge in [-0.25, -0.2) is 9.59 Å². The van der Waals surface area contributed by atoms with Gasteiger partial charge in [0.2, 0.25) is 0 Å². The average Bonchev–Trinajstić information content (AvgIpc) is 2.73. The van der Waals surface area contributed by atoms with E-state index in [1.54, 1.807) is 6.92 Å². The third kappa shape index (κ3) is 3.63. The van der Waals surface area contributed by atoms with Gasteiger partial charge in [-0.1, -0.05) is 13.8 Å². The van der Waals surface area contributed by atoms with Crippen molar-refractivity contribution in [2.24, 2.45) is 5.92 Å². The Hall–Kier alpha value is -1.76. The molecule has 1 aromatic rings. The summed E-state index contributed by atoms with van der Waals surface area (Å²) in [5.41, 5.74) is 6.19. The first-order chi connectivity index (χ1) is 9.42. The second-order valence-corrected chi connectivity index (χ2v) is 5.56. The average molecular weight is 300 g/mol. The Bertz CT molecular complexity index is 497. The van der Waals surface area contributed by atoms with E-state index in [1.807, 2.05) is 13.8 Å². The van der Waals surface area contributed by atoms with Crippen molar-refractivity contribution in [1.29, 1.82) is 0 Å². The second-order valence-electron chi connectivity index (χ2n) is 4.54. The summed E-state index contributed by atoms with van der Waals surface area (Å²) < 4.78 is 9.64. The van der Waals surface area contributed by atoms with E-state index in [2.05, 4.69) is 5.32 Å². The van der Waals surface area contributed by atoms with Crippen molar-refractivity contribution in [2.45, 2.75) is 20.8 Å². The van der Waals surface area contributed by atoms with E-state index in [9.17, 15) is 9.59 Å². The van der Waals surface area contributed by atoms with Gasteiger partial charge in [-0.3, -0.25) is 0 Å². The van der Waals surface area contributed by atoms with Crippen molar-refractivity contribution >= 4 is 34.0 Å². The van der Waals surface area contributed by atoms with Gasteiger partial charge in [-0.15, -0.1) is 11.3 Å². The van der Waals surface area contributed by atoms with Crippen molar-refractivity contribution in [3.05, 3.63) is 10.4 Å². The maximum atomic E-state index is 11.8. The number of hydrogen-bond acceptors (Lipinski definition) is 7. The van der Waals surface area contributed by atoms with Crippen LogP contribution in [0.3, 0.4) is 0 Å². The van der Waals surface area contributed by atoms with Gasteiger partial charge < -0.3 is 20.5 Å². The monoisotopic (exact) mass is 300 g/mol. The van der Waals surface area contributed by atoms with Gasteiger partial charge in [0.1, 0.15) is 15.4 Å². The van der Waals surface area contributed by atoms with Gasteiger partial charge in [-0.2, -0.15) is 0 Å². The molecule has 0 saturated carbocycles. The molecule has 0 atom stereocenters. The van der Waals surface area contributed by atoms with Crippen LogP contribution in [0, 0.1) is 5.92 Å². The zero-order valence-corrected chi connectivity index (χ0v) is 12.9. The minimum absolute atomic E-state index is 0.103. The molecule has 1 heterocycles. The zero-order chi connectivity index (χ0) is 15.3. The Morgan fingerprint density at radius 3 is 2.50 bits per heavy atom. The van der Waals surface area contributed by atoms with Crippen LogP contribution in [0.5, 0.6) is 0 Å². The number of esters is 2. The van der Waals surface area contributed by atoms with Crippen LogP contribution in [0.25, 0.3) is 0 Å². The van der Waals surface area contributed by atoms with Crippen LogP contribution in [0.4, 0.5) is 10.7 Å². The Balaban J connectivity index is 3.16. The van der Waals surface area contributed by atoms with E-state index in [0.29, 0.717) is 17.5 Å². The molecule has 0 fully saturated rings. The van der Waals surface area contributed by atoms with Crippen molar-refractivity contribution in [3.8, 4) is 0 Å². The highest BCUT2D eigenvalue weighted by Crippen LogP contribution is 2.36. The molecule has 112 valence electrons. The van der Waals surface area contributed by atoms with Gasteiger partial charge >= 0.3 is 11.9 Å². The van der Waals surface area contributed by atoms with E-state index in [0.717, 1.165) is 11.3 Å². The topological polar surface area (TPSA) is 90.6 Å². The number of ether oxygens (including phenoxy) is 2. The molecular formula is C13H20N2O4S. The van der Waals surface area contributed by atoms with E-state index in [-0.39, 0.29) is 22.7 Å². The normalized spacial score (nSPS) is 10.4. The number of methoxy groups -OCH3 is 1. The third-order valence-electron chi connectivity index (χ3n) is 2.47. The fourth-order valence-corrected chi connectivity index (χ4v) is 2.53. The molecule has 0 saturated heterocycles. The Kier molecular flexibility index (Phi) is 5.82. The number of nitrogens with two attached hydrogens (primary N) is 1. The summed E-state index contributed by atoms with van der Waals surface area (Å²) in [5.74, 6) is -0.715. The molecule has 0 aliphatic heterocycles. The predicted octanol–water partition coefficient (Wildman–Crippen LogP) is 2.36. The van der Waals surface area contributed by atoms with Crippen LogP contribution in [0.15, 0.2) is 0 Å². The first-order valence-corrected chi connectivity index (χ1v) is 7.15. The summed E-state index contributed by atoms with van der Waals surface area (Å²) in [6.07, 6.45) is 0. The molecule has 0 aromatic carbocycles. The first-order valence-electron chi connectivity index (χ1n) is 6.33. The molecule has 6 nitrogen and oxygen atoms in total. The summed E-state index contributed by atoms with van der Waals surface area (Å²) in [6, 6.07) is 0. The molecule has 3 N–H and O–H groups in total. The highest BCUT2D eigenvalue weighted by Gasteiger charge is 2.26. The van der Waals surface area contributed by atoms with Crippen LogP contribution in [-0.4, -0.2) is 32.2 Å². The minimum atomic E-state index is -0.569. The lowest BCUT2D eigenvalue weighted by molar-refractivity contribution is 0.0533. The molecule has 7 heteroatoms. The number of thiophene rings is 1. The van der Waals surface area contributed by atoms with Gasteiger partial charge in [0, 0.05) is 6.54 Å². The summed E-state index contributed by atoms with van der Waals surface area (Å²) in [5, 5.41) is 3.65. The fourth-order valence-electron chi connectivity index (χ4n) is 1.52. The Labute approximate surface area is 122 Å². The quantitative estimate of drug-likeness (QED) is 0.784. The largest absolute Gasteiger partial charge is 0.465 e. The fraction of sp³-hybridized carbons (Fsp3) is 0.538. The molecule has 0 spiro atoms. The van der Waals surface area contributed by atoms with Crippen LogP contribution in [0.1, 0.15) is 40.8 Å². The molecule has 20 heavy (non-hydrogen) atoms. The first kappa shape index (κ1) is 16.3.